The minimum absolute atomic E-state index is 0.333. The van der Waals surface area contributed by atoms with Crippen LogP contribution in [-0.2, 0) is 6.61 Å². The molecule has 0 heterocycles. The van der Waals surface area contributed by atoms with Crippen LogP contribution in [-0.4, -0.2) is 12.1 Å². The van der Waals surface area contributed by atoms with E-state index >= 15 is 0 Å². The van der Waals surface area contributed by atoms with E-state index in [4.69, 9.17) is 16.3 Å². The number of rotatable bonds is 6. The van der Waals surface area contributed by atoms with Gasteiger partial charge in [-0.05, 0) is 80.2 Å². The van der Waals surface area contributed by atoms with Gasteiger partial charge in [-0.15, -0.1) is 0 Å². The Morgan fingerprint density at radius 2 is 1.83 bits per heavy atom. The maximum atomic E-state index is 12.1. The van der Waals surface area contributed by atoms with E-state index in [0.717, 1.165) is 20.1 Å². The van der Waals surface area contributed by atoms with Crippen LogP contribution in [0.2, 0.25) is 5.02 Å². The number of hydrogen-bond acceptors (Lipinski definition) is 3. The van der Waals surface area contributed by atoms with Gasteiger partial charge in [0.15, 0.2) is 0 Å². The van der Waals surface area contributed by atoms with Crippen molar-refractivity contribution in [3.05, 3.63) is 96.9 Å². The molecule has 0 atom stereocenters. The number of amides is 1. The predicted molar refractivity (Wildman–Crippen MR) is 124 cm³/mol. The highest BCUT2D eigenvalue weighted by atomic mass is 79.9. The lowest BCUT2D eigenvalue weighted by Crippen LogP contribution is -2.17. The Morgan fingerprint density at radius 3 is 2.52 bits per heavy atom. The molecule has 1 amide bonds. The number of nitrogens with zero attached hydrogens (tertiary/aromatic N) is 1. The second kappa shape index (κ2) is 10.1. The second-order valence-electron chi connectivity index (χ2n) is 6.30. The first kappa shape index (κ1) is 21.6. The number of hydrogen-bond donors (Lipinski definition) is 1. The van der Waals surface area contributed by atoms with Gasteiger partial charge in [0.2, 0.25) is 0 Å². The Morgan fingerprint density at radius 1 is 1.10 bits per heavy atom. The van der Waals surface area contributed by atoms with Gasteiger partial charge in [0.25, 0.3) is 5.91 Å². The molecule has 3 aromatic carbocycles. The molecule has 4 nitrogen and oxygen atoms in total. The van der Waals surface area contributed by atoms with Crippen LogP contribution in [0, 0.1) is 6.92 Å². The van der Waals surface area contributed by atoms with Gasteiger partial charge in [0.1, 0.15) is 12.4 Å². The molecule has 0 aliphatic rings. The zero-order valence-electron chi connectivity index (χ0n) is 15.5. The van der Waals surface area contributed by atoms with Crippen molar-refractivity contribution in [2.24, 2.45) is 5.10 Å². The number of ether oxygens (including phenoxy) is 1. The normalized spacial score (nSPS) is 10.9. The fourth-order valence-electron chi connectivity index (χ4n) is 2.61. The van der Waals surface area contributed by atoms with E-state index in [9.17, 15) is 4.79 Å². The zero-order valence-corrected chi connectivity index (χ0v) is 19.4. The third kappa shape index (κ3) is 6.16. The van der Waals surface area contributed by atoms with Gasteiger partial charge >= 0.3 is 0 Å². The number of benzene rings is 3. The summed E-state index contributed by atoms with van der Waals surface area (Å²) in [7, 11) is 0. The SMILES string of the molecule is Cc1cccc(COc2c(Br)cc(/C=N\NC(=O)c3cccc(Cl)c3)cc2Br)c1. The molecule has 0 fully saturated rings. The van der Waals surface area contributed by atoms with Gasteiger partial charge in [0.05, 0.1) is 15.2 Å². The van der Waals surface area contributed by atoms with E-state index in [2.05, 4.69) is 61.4 Å². The van der Waals surface area contributed by atoms with Gasteiger partial charge in [-0.3, -0.25) is 4.79 Å². The molecule has 3 rings (SSSR count). The van der Waals surface area contributed by atoms with E-state index in [0.29, 0.717) is 22.9 Å². The van der Waals surface area contributed by atoms with E-state index in [1.165, 1.54) is 5.56 Å². The number of nitrogens with one attached hydrogen (secondary N) is 1. The number of aryl methyl sites for hydroxylation is 1. The number of hydrazone groups is 1. The fraction of sp³-hybridized carbons (Fsp3) is 0.0909. The summed E-state index contributed by atoms with van der Waals surface area (Å²) in [5.41, 5.74) is 6.01. The quantitative estimate of drug-likeness (QED) is 0.288. The lowest BCUT2D eigenvalue weighted by Gasteiger charge is -2.11. The molecule has 0 bridgehead atoms. The molecule has 0 saturated carbocycles. The standard InChI is InChI=1S/C22H17Br2ClN2O2/c1-14-4-2-5-15(8-14)13-29-21-19(23)9-16(10-20(21)24)12-26-27-22(28)17-6-3-7-18(25)11-17/h2-12H,13H2,1H3,(H,27,28)/b26-12-. The average Bonchev–Trinajstić information content (AvgIpc) is 2.67. The van der Waals surface area contributed by atoms with Gasteiger partial charge in [-0.1, -0.05) is 47.5 Å². The maximum Gasteiger partial charge on any atom is 0.271 e. The molecule has 29 heavy (non-hydrogen) atoms. The Hall–Kier alpha value is -2.15. The van der Waals surface area contributed by atoms with E-state index in [-0.39, 0.29) is 5.91 Å². The molecule has 7 heteroatoms. The molecule has 148 valence electrons. The van der Waals surface area contributed by atoms with E-state index < -0.39 is 0 Å². The molecule has 0 aliphatic heterocycles. The fourth-order valence-corrected chi connectivity index (χ4v) is 4.25. The molecular weight excluding hydrogens is 520 g/mol. The molecular formula is C22H17Br2ClN2O2. The highest BCUT2D eigenvalue weighted by Crippen LogP contribution is 2.35. The Bertz CT molecular complexity index is 1050. The van der Waals surface area contributed by atoms with Crippen molar-refractivity contribution in [1.82, 2.24) is 5.43 Å². The maximum absolute atomic E-state index is 12.1. The van der Waals surface area contributed by atoms with Gasteiger partial charge < -0.3 is 4.74 Å². The number of carbonyl (C=O) groups is 1. The first-order chi connectivity index (χ1) is 13.9. The third-order valence-corrected chi connectivity index (χ3v) is 5.37. The zero-order chi connectivity index (χ0) is 20.8. The molecule has 0 saturated heterocycles. The van der Waals surface area contributed by atoms with Gasteiger partial charge in [-0.2, -0.15) is 5.10 Å². The highest BCUT2D eigenvalue weighted by molar-refractivity contribution is 9.11. The first-order valence-corrected chi connectivity index (χ1v) is 10.6. The summed E-state index contributed by atoms with van der Waals surface area (Å²) in [5, 5.41) is 4.51. The van der Waals surface area contributed by atoms with Crippen molar-refractivity contribution in [3.8, 4) is 5.75 Å². The molecule has 0 aliphatic carbocycles. The van der Waals surface area contributed by atoms with Crippen molar-refractivity contribution in [1.29, 1.82) is 0 Å². The Labute approximate surface area is 191 Å². The average molecular weight is 537 g/mol. The lowest BCUT2D eigenvalue weighted by molar-refractivity contribution is 0.0955. The molecule has 3 aromatic rings. The van der Waals surface area contributed by atoms with Crippen LogP contribution in [0.25, 0.3) is 0 Å². The molecule has 0 spiro atoms. The number of halogens is 3. The smallest absolute Gasteiger partial charge is 0.271 e. The summed E-state index contributed by atoms with van der Waals surface area (Å²) in [5.74, 6) is 0.367. The van der Waals surface area contributed by atoms with Crippen LogP contribution in [0.15, 0.2) is 74.7 Å². The number of carbonyl (C=O) groups excluding carboxylic acids is 1. The first-order valence-electron chi connectivity index (χ1n) is 8.69. The summed E-state index contributed by atoms with van der Waals surface area (Å²) in [4.78, 5) is 12.1. The summed E-state index contributed by atoms with van der Waals surface area (Å²) in [6.07, 6.45) is 1.56. The molecule has 1 N–H and O–H groups in total. The van der Waals surface area contributed by atoms with Crippen molar-refractivity contribution >= 4 is 55.6 Å². The van der Waals surface area contributed by atoms with Crippen LogP contribution in [0.4, 0.5) is 0 Å². The summed E-state index contributed by atoms with van der Waals surface area (Å²) >= 11 is 13.0. The minimum Gasteiger partial charge on any atom is -0.487 e. The van der Waals surface area contributed by atoms with E-state index in [1.807, 2.05) is 24.3 Å². The van der Waals surface area contributed by atoms with Crippen LogP contribution in [0.3, 0.4) is 0 Å². The molecule has 0 radical (unpaired) electrons. The van der Waals surface area contributed by atoms with Crippen LogP contribution in [0.5, 0.6) is 5.75 Å². The lowest BCUT2D eigenvalue weighted by atomic mass is 10.1. The molecule has 0 unspecified atom stereocenters. The van der Waals surface area contributed by atoms with E-state index in [1.54, 1.807) is 30.5 Å². The second-order valence-corrected chi connectivity index (χ2v) is 8.45. The van der Waals surface area contributed by atoms with Crippen LogP contribution >= 0.6 is 43.5 Å². The van der Waals surface area contributed by atoms with Crippen molar-refractivity contribution < 1.29 is 9.53 Å². The third-order valence-electron chi connectivity index (χ3n) is 3.95. The summed E-state index contributed by atoms with van der Waals surface area (Å²) in [6, 6.07) is 18.6. The monoisotopic (exact) mass is 534 g/mol. The van der Waals surface area contributed by atoms with Crippen molar-refractivity contribution in [3.63, 3.8) is 0 Å². The van der Waals surface area contributed by atoms with Crippen LogP contribution in [0.1, 0.15) is 27.0 Å². The summed E-state index contributed by atoms with van der Waals surface area (Å²) in [6.45, 7) is 2.51. The van der Waals surface area contributed by atoms with Crippen molar-refractivity contribution in [2.45, 2.75) is 13.5 Å². The largest absolute Gasteiger partial charge is 0.487 e. The highest BCUT2D eigenvalue weighted by Gasteiger charge is 2.09. The van der Waals surface area contributed by atoms with Crippen molar-refractivity contribution in [2.75, 3.05) is 0 Å². The Kier molecular flexibility index (Phi) is 7.47. The van der Waals surface area contributed by atoms with Crippen LogP contribution < -0.4 is 10.2 Å². The minimum atomic E-state index is -0.333. The summed E-state index contributed by atoms with van der Waals surface area (Å²) < 4.78 is 7.51. The molecule has 0 aromatic heterocycles. The van der Waals surface area contributed by atoms with Gasteiger partial charge in [-0.25, -0.2) is 5.43 Å². The predicted octanol–water partition coefficient (Wildman–Crippen LogP) is 6.52. The van der Waals surface area contributed by atoms with Gasteiger partial charge in [0, 0.05) is 10.6 Å². The topological polar surface area (TPSA) is 50.7 Å². The Balaban J connectivity index is 1.65.